The number of carboxylic acids is 1. The van der Waals surface area contributed by atoms with Gasteiger partial charge in [-0.3, -0.25) is 14.4 Å². The Balaban J connectivity index is 2.22. The van der Waals surface area contributed by atoms with Gasteiger partial charge in [-0.25, -0.2) is 0 Å². The predicted molar refractivity (Wildman–Crippen MR) is 88.3 cm³/mol. The monoisotopic (exact) mass is 350 g/mol. The zero-order valence-electron chi connectivity index (χ0n) is 14.5. The number of amides is 2. The summed E-state index contributed by atoms with van der Waals surface area (Å²) in [5, 5.41) is 9.14. The quantitative estimate of drug-likeness (QED) is 0.773. The SMILES string of the molecule is COc1cc(CN(CC(=O)O)C(=O)C2CC(=O)N(C)C2)cc(OC)c1. The molecule has 0 saturated carbocycles. The van der Waals surface area contributed by atoms with E-state index in [4.69, 9.17) is 14.6 Å². The molecule has 1 fully saturated rings. The smallest absolute Gasteiger partial charge is 0.323 e. The molecule has 0 radical (unpaired) electrons. The van der Waals surface area contributed by atoms with Gasteiger partial charge in [-0.05, 0) is 17.7 Å². The van der Waals surface area contributed by atoms with Gasteiger partial charge in [0, 0.05) is 32.6 Å². The minimum absolute atomic E-state index is 0.0904. The molecule has 1 heterocycles. The largest absolute Gasteiger partial charge is 0.497 e. The number of benzene rings is 1. The first-order valence-electron chi connectivity index (χ1n) is 7.80. The second-order valence-electron chi connectivity index (χ2n) is 5.98. The molecule has 0 aromatic heterocycles. The number of ether oxygens (including phenoxy) is 2. The normalized spacial score (nSPS) is 16.7. The molecular weight excluding hydrogens is 328 g/mol. The number of carbonyl (C=O) groups is 3. The van der Waals surface area contributed by atoms with E-state index in [0.29, 0.717) is 23.6 Å². The van der Waals surface area contributed by atoms with Crippen molar-refractivity contribution in [2.75, 3.05) is 34.4 Å². The van der Waals surface area contributed by atoms with E-state index in [2.05, 4.69) is 0 Å². The minimum atomic E-state index is -1.11. The van der Waals surface area contributed by atoms with Crippen LogP contribution in [-0.4, -0.2) is 67.0 Å². The molecule has 8 nitrogen and oxygen atoms in total. The van der Waals surface area contributed by atoms with Crippen molar-refractivity contribution >= 4 is 17.8 Å². The topological polar surface area (TPSA) is 96.4 Å². The maximum Gasteiger partial charge on any atom is 0.323 e. The molecule has 1 aliphatic heterocycles. The van der Waals surface area contributed by atoms with Crippen molar-refractivity contribution in [2.45, 2.75) is 13.0 Å². The van der Waals surface area contributed by atoms with Crippen LogP contribution in [0.15, 0.2) is 18.2 Å². The highest BCUT2D eigenvalue weighted by atomic mass is 16.5. The number of carbonyl (C=O) groups excluding carboxylic acids is 2. The molecule has 1 aromatic rings. The molecule has 0 aliphatic carbocycles. The summed E-state index contributed by atoms with van der Waals surface area (Å²) >= 11 is 0. The van der Waals surface area contributed by atoms with Gasteiger partial charge < -0.3 is 24.4 Å². The highest BCUT2D eigenvalue weighted by molar-refractivity contribution is 5.90. The van der Waals surface area contributed by atoms with Crippen molar-refractivity contribution in [3.05, 3.63) is 23.8 Å². The van der Waals surface area contributed by atoms with Gasteiger partial charge in [0.2, 0.25) is 11.8 Å². The number of aliphatic carboxylic acids is 1. The Labute approximate surface area is 145 Å². The third-order valence-electron chi connectivity index (χ3n) is 4.11. The fraction of sp³-hybridized carbons (Fsp3) is 0.471. The summed E-state index contributed by atoms with van der Waals surface area (Å²) in [7, 11) is 4.65. The average molecular weight is 350 g/mol. The van der Waals surface area contributed by atoms with Crippen molar-refractivity contribution in [1.29, 1.82) is 0 Å². The summed E-state index contributed by atoms with van der Waals surface area (Å²) in [5.74, 6) is -0.996. The summed E-state index contributed by atoms with van der Waals surface area (Å²) in [6.45, 7) is -0.0465. The fourth-order valence-electron chi connectivity index (χ4n) is 2.84. The van der Waals surface area contributed by atoms with Crippen molar-refractivity contribution in [1.82, 2.24) is 9.80 Å². The summed E-state index contributed by atoms with van der Waals surface area (Å²) < 4.78 is 10.4. The van der Waals surface area contributed by atoms with Crippen LogP contribution in [0.25, 0.3) is 0 Å². The second kappa shape index (κ2) is 7.87. The Morgan fingerprint density at radius 1 is 1.24 bits per heavy atom. The number of carboxylic acid groups (broad SMARTS) is 1. The standard InChI is InChI=1S/C17H22N2O6/c1-18-9-12(6-15(18)20)17(23)19(10-16(21)22)8-11-4-13(24-2)7-14(5-11)25-3/h4-5,7,12H,6,8-10H2,1-3H3,(H,21,22). The summed E-state index contributed by atoms with van der Waals surface area (Å²) in [6.07, 6.45) is 0.104. The van der Waals surface area contributed by atoms with Crippen LogP contribution in [-0.2, 0) is 20.9 Å². The molecule has 25 heavy (non-hydrogen) atoms. The van der Waals surface area contributed by atoms with Gasteiger partial charge in [0.25, 0.3) is 0 Å². The average Bonchev–Trinajstić information content (AvgIpc) is 2.91. The molecule has 1 unspecified atom stereocenters. The summed E-state index contributed by atoms with van der Waals surface area (Å²) in [5.41, 5.74) is 0.684. The molecule has 1 saturated heterocycles. The number of rotatable bonds is 7. The lowest BCUT2D eigenvalue weighted by molar-refractivity contribution is -0.146. The molecule has 1 atom stereocenters. The van der Waals surface area contributed by atoms with Gasteiger partial charge in [-0.2, -0.15) is 0 Å². The molecule has 2 amide bonds. The van der Waals surface area contributed by atoms with Crippen molar-refractivity contribution in [2.24, 2.45) is 5.92 Å². The lowest BCUT2D eigenvalue weighted by Gasteiger charge is -2.24. The number of likely N-dealkylation sites (tertiary alicyclic amines) is 1. The Hall–Kier alpha value is -2.77. The Bertz CT molecular complexity index is 653. The first-order valence-corrected chi connectivity index (χ1v) is 7.80. The summed E-state index contributed by atoms with van der Waals surface area (Å²) in [6, 6.07) is 5.13. The van der Waals surface area contributed by atoms with Crippen LogP contribution < -0.4 is 9.47 Å². The van der Waals surface area contributed by atoms with Crippen LogP contribution in [0.4, 0.5) is 0 Å². The van der Waals surface area contributed by atoms with Crippen LogP contribution >= 0.6 is 0 Å². The number of nitrogens with zero attached hydrogens (tertiary/aromatic N) is 2. The summed E-state index contributed by atoms with van der Waals surface area (Å²) in [4.78, 5) is 38.3. The van der Waals surface area contributed by atoms with Crippen LogP contribution in [0.3, 0.4) is 0 Å². The highest BCUT2D eigenvalue weighted by Crippen LogP contribution is 2.25. The Morgan fingerprint density at radius 2 is 1.84 bits per heavy atom. The van der Waals surface area contributed by atoms with Crippen LogP contribution in [0.5, 0.6) is 11.5 Å². The molecule has 8 heteroatoms. The molecule has 1 aliphatic rings. The van der Waals surface area contributed by atoms with Gasteiger partial charge in [0.1, 0.15) is 18.0 Å². The van der Waals surface area contributed by atoms with E-state index in [9.17, 15) is 14.4 Å². The maximum atomic E-state index is 12.7. The zero-order valence-corrected chi connectivity index (χ0v) is 14.5. The molecule has 1 N–H and O–H groups in total. The van der Waals surface area contributed by atoms with E-state index in [1.54, 1.807) is 25.2 Å². The van der Waals surface area contributed by atoms with E-state index in [-0.39, 0.29) is 24.8 Å². The second-order valence-corrected chi connectivity index (χ2v) is 5.98. The molecule has 0 spiro atoms. The zero-order chi connectivity index (χ0) is 18.6. The van der Waals surface area contributed by atoms with Gasteiger partial charge in [0.05, 0.1) is 20.1 Å². The Morgan fingerprint density at radius 3 is 2.28 bits per heavy atom. The van der Waals surface area contributed by atoms with Crippen LogP contribution in [0.2, 0.25) is 0 Å². The van der Waals surface area contributed by atoms with E-state index in [1.165, 1.54) is 24.0 Å². The molecule has 0 bridgehead atoms. The van der Waals surface area contributed by atoms with Crippen LogP contribution in [0.1, 0.15) is 12.0 Å². The van der Waals surface area contributed by atoms with Crippen molar-refractivity contribution in [3.63, 3.8) is 0 Å². The number of hydrogen-bond donors (Lipinski definition) is 1. The predicted octanol–water partition coefficient (Wildman–Crippen LogP) is 0.595. The minimum Gasteiger partial charge on any atom is -0.497 e. The Kier molecular flexibility index (Phi) is 5.84. The number of hydrogen-bond acceptors (Lipinski definition) is 5. The van der Waals surface area contributed by atoms with E-state index >= 15 is 0 Å². The van der Waals surface area contributed by atoms with E-state index in [1.807, 2.05) is 0 Å². The van der Waals surface area contributed by atoms with E-state index in [0.717, 1.165) is 0 Å². The van der Waals surface area contributed by atoms with Gasteiger partial charge in [-0.15, -0.1) is 0 Å². The first kappa shape index (κ1) is 18.6. The van der Waals surface area contributed by atoms with Crippen LogP contribution in [0, 0.1) is 5.92 Å². The van der Waals surface area contributed by atoms with E-state index < -0.39 is 18.4 Å². The highest BCUT2D eigenvalue weighted by Gasteiger charge is 2.35. The third kappa shape index (κ3) is 4.62. The van der Waals surface area contributed by atoms with Gasteiger partial charge >= 0.3 is 5.97 Å². The molecule has 136 valence electrons. The van der Waals surface area contributed by atoms with Gasteiger partial charge in [-0.1, -0.05) is 0 Å². The third-order valence-corrected chi connectivity index (χ3v) is 4.11. The lowest BCUT2D eigenvalue weighted by atomic mass is 10.1. The van der Waals surface area contributed by atoms with Gasteiger partial charge in [0.15, 0.2) is 0 Å². The van der Waals surface area contributed by atoms with Crippen molar-refractivity contribution < 1.29 is 29.0 Å². The number of methoxy groups -OCH3 is 2. The maximum absolute atomic E-state index is 12.7. The molecule has 2 rings (SSSR count). The first-order chi connectivity index (χ1) is 11.8. The molecular formula is C17H22N2O6. The lowest BCUT2D eigenvalue weighted by Crippen LogP contribution is -2.40. The van der Waals surface area contributed by atoms with Crippen molar-refractivity contribution in [3.8, 4) is 11.5 Å². The molecule has 1 aromatic carbocycles. The fourth-order valence-corrected chi connectivity index (χ4v) is 2.84.